The molecule has 2 heterocycles. The van der Waals surface area contributed by atoms with E-state index in [9.17, 15) is 4.79 Å². The van der Waals surface area contributed by atoms with E-state index < -0.39 is 0 Å². The molecule has 0 aromatic carbocycles. The van der Waals surface area contributed by atoms with Crippen LogP contribution in [0.3, 0.4) is 0 Å². The van der Waals surface area contributed by atoms with E-state index in [1.54, 1.807) is 0 Å². The van der Waals surface area contributed by atoms with Gasteiger partial charge in [-0.05, 0) is 32.2 Å². The predicted octanol–water partition coefficient (Wildman–Crippen LogP) is 1.61. The normalized spacial score (nSPS) is 30.4. The molecule has 20 heavy (non-hydrogen) atoms. The van der Waals surface area contributed by atoms with Crippen LogP contribution in [0.5, 0.6) is 0 Å². The Labute approximate surface area is 122 Å². The van der Waals surface area contributed by atoms with Gasteiger partial charge in [0, 0.05) is 32.2 Å². The molecule has 1 N–H and O–H groups in total. The SMILES string of the molecule is O=C(C1CCCN1C1CCCCCC1)N1CCNCC1. The van der Waals surface area contributed by atoms with Crippen molar-refractivity contribution >= 4 is 5.91 Å². The highest BCUT2D eigenvalue weighted by Crippen LogP contribution is 2.29. The number of carbonyl (C=O) groups is 1. The molecule has 1 saturated carbocycles. The van der Waals surface area contributed by atoms with Gasteiger partial charge < -0.3 is 10.2 Å². The third-order valence-electron chi connectivity index (χ3n) is 5.30. The minimum Gasteiger partial charge on any atom is -0.339 e. The summed E-state index contributed by atoms with van der Waals surface area (Å²) in [6.45, 7) is 4.86. The van der Waals surface area contributed by atoms with E-state index in [2.05, 4.69) is 15.1 Å². The van der Waals surface area contributed by atoms with Crippen LogP contribution < -0.4 is 5.32 Å². The highest BCUT2D eigenvalue weighted by atomic mass is 16.2. The maximum absolute atomic E-state index is 12.8. The van der Waals surface area contributed by atoms with Crippen LogP contribution in [-0.2, 0) is 4.79 Å². The zero-order valence-corrected chi connectivity index (χ0v) is 12.6. The Bertz CT molecular complexity index is 320. The van der Waals surface area contributed by atoms with Crippen LogP contribution in [0.25, 0.3) is 0 Å². The fraction of sp³-hybridized carbons (Fsp3) is 0.938. The topological polar surface area (TPSA) is 35.6 Å². The van der Waals surface area contributed by atoms with Crippen LogP contribution >= 0.6 is 0 Å². The second-order valence-corrected chi connectivity index (χ2v) is 6.62. The van der Waals surface area contributed by atoms with Gasteiger partial charge in [-0.1, -0.05) is 25.7 Å². The Balaban J connectivity index is 1.63. The molecule has 0 bridgehead atoms. The molecule has 0 aromatic heterocycles. The molecule has 4 heteroatoms. The van der Waals surface area contributed by atoms with Crippen molar-refractivity contribution in [3.63, 3.8) is 0 Å². The summed E-state index contributed by atoms with van der Waals surface area (Å²) in [5, 5.41) is 3.34. The van der Waals surface area contributed by atoms with Gasteiger partial charge in [-0.15, -0.1) is 0 Å². The van der Waals surface area contributed by atoms with Crippen molar-refractivity contribution in [2.24, 2.45) is 0 Å². The summed E-state index contributed by atoms with van der Waals surface area (Å²) in [7, 11) is 0. The molecular weight excluding hydrogens is 250 g/mol. The molecule has 1 unspecified atom stereocenters. The van der Waals surface area contributed by atoms with Crippen molar-refractivity contribution < 1.29 is 4.79 Å². The number of amides is 1. The van der Waals surface area contributed by atoms with E-state index in [4.69, 9.17) is 0 Å². The average Bonchev–Trinajstić information content (AvgIpc) is 2.83. The van der Waals surface area contributed by atoms with Gasteiger partial charge in [-0.25, -0.2) is 0 Å². The summed E-state index contributed by atoms with van der Waals surface area (Å²) in [6, 6.07) is 0.869. The van der Waals surface area contributed by atoms with E-state index in [0.29, 0.717) is 11.9 Å². The molecule has 3 fully saturated rings. The van der Waals surface area contributed by atoms with Gasteiger partial charge in [0.25, 0.3) is 0 Å². The Hall–Kier alpha value is -0.610. The minimum absolute atomic E-state index is 0.191. The number of rotatable bonds is 2. The first kappa shape index (κ1) is 14.3. The van der Waals surface area contributed by atoms with E-state index >= 15 is 0 Å². The Morgan fingerprint density at radius 2 is 1.55 bits per heavy atom. The minimum atomic E-state index is 0.191. The molecule has 1 atom stereocenters. The van der Waals surface area contributed by atoms with Gasteiger partial charge in [-0.2, -0.15) is 0 Å². The van der Waals surface area contributed by atoms with Crippen LogP contribution in [0.1, 0.15) is 51.4 Å². The number of nitrogens with one attached hydrogen (secondary N) is 1. The zero-order chi connectivity index (χ0) is 13.8. The van der Waals surface area contributed by atoms with Crippen molar-refractivity contribution in [2.45, 2.75) is 63.5 Å². The first-order valence-electron chi connectivity index (χ1n) is 8.61. The molecule has 2 aliphatic heterocycles. The second kappa shape index (κ2) is 6.90. The number of carbonyl (C=O) groups excluding carboxylic acids is 1. The van der Waals surface area contributed by atoms with E-state index in [-0.39, 0.29) is 6.04 Å². The lowest BCUT2D eigenvalue weighted by atomic mass is 10.1. The maximum Gasteiger partial charge on any atom is 0.240 e. The number of hydrogen-bond acceptors (Lipinski definition) is 3. The fourth-order valence-corrected chi connectivity index (χ4v) is 4.18. The quantitative estimate of drug-likeness (QED) is 0.780. The lowest BCUT2D eigenvalue weighted by Gasteiger charge is -2.36. The summed E-state index contributed by atoms with van der Waals surface area (Å²) in [5.41, 5.74) is 0. The van der Waals surface area contributed by atoms with Crippen LogP contribution in [0.2, 0.25) is 0 Å². The molecule has 114 valence electrons. The van der Waals surface area contributed by atoms with Gasteiger partial charge in [0.1, 0.15) is 0 Å². The Kier molecular flexibility index (Phi) is 4.94. The van der Waals surface area contributed by atoms with Gasteiger partial charge >= 0.3 is 0 Å². The summed E-state index contributed by atoms with van der Waals surface area (Å²) >= 11 is 0. The molecule has 0 spiro atoms. The van der Waals surface area contributed by atoms with E-state index in [0.717, 1.165) is 39.1 Å². The third kappa shape index (κ3) is 3.17. The second-order valence-electron chi connectivity index (χ2n) is 6.62. The van der Waals surface area contributed by atoms with Crippen molar-refractivity contribution in [2.75, 3.05) is 32.7 Å². The van der Waals surface area contributed by atoms with Crippen LogP contribution in [-0.4, -0.2) is 60.5 Å². The zero-order valence-electron chi connectivity index (χ0n) is 12.6. The largest absolute Gasteiger partial charge is 0.339 e. The van der Waals surface area contributed by atoms with E-state index in [1.807, 2.05) is 0 Å². The highest BCUT2D eigenvalue weighted by molar-refractivity contribution is 5.82. The van der Waals surface area contributed by atoms with Gasteiger partial charge in [0.05, 0.1) is 6.04 Å². The smallest absolute Gasteiger partial charge is 0.240 e. The molecule has 3 rings (SSSR count). The number of nitrogens with zero attached hydrogens (tertiary/aromatic N) is 2. The van der Waals surface area contributed by atoms with Crippen molar-refractivity contribution in [3.8, 4) is 0 Å². The number of hydrogen-bond donors (Lipinski definition) is 1. The number of likely N-dealkylation sites (tertiary alicyclic amines) is 1. The Morgan fingerprint density at radius 1 is 0.850 bits per heavy atom. The molecular formula is C16H29N3O. The summed E-state index contributed by atoms with van der Waals surface area (Å²) < 4.78 is 0. The molecule has 1 aliphatic carbocycles. The fourth-order valence-electron chi connectivity index (χ4n) is 4.18. The third-order valence-corrected chi connectivity index (χ3v) is 5.30. The van der Waals surface area contributed by atoms with Gasteiger partial charge in [-0.3, -0.25) is 9.69 Å². The van der Waals surface area contributed by atoms with Crippen molar-refractivity contribution in [1.29, 1.82) is 0 Å². The lowest BCUT2D eigenvalue weighted by molar-refractivity contribution is -0.137. The van der Waals surface area contributed by atoms with Gasteiger partial charge in [0.2, 0.25) is 5.91 Å². The van der Waals surface area contributed by atoms with Crippen LogP contribution in [0, 0.1) is 0 Å². The summed E-state index contributed by atoms with van der Waals surface area (Å²) in [6.07, 6.45) is 10.4. The van der Waals surface area contributed by atoms with Crippen molar-refractivity contribution in [3.05, 3.63) is 0 Å². The molecule has 0 aromatic rings. The van der Waals surface area contributed by atoms with Crippen molar-refractivity contribution in [1.82, 2.24) is 15.1 Å². The Morgan fingerprint density at radius 3 is 2.25 bits per heavy atom. The summed E-state index contributed by atoms with van der Waals surface area (Å²) in [5.74, 6) is 0.410. The molecule has 3 aliphatic rings. The standard InChI is InChI=1S/C16H29N3O/c20-16(18-12-9-17-10-13-18)15-8-5-11-19(15)14-6-3-1-2-4-7-14/h14-15,17H,1-13H2. The first-order chi connectivity index (χ1) is 9.86. The lowest BCUT2D eigenvalue weighted by Crippen LogP contribution is -2.54. The molecule has 1 amide bonds. The monoisotopic (exact) mass is 279 g/mol. The number of piperazine rings is 1. The average molecular weight is 279 g/mol. The van der Waals surface area contributed by atoms with Crippen LogP contribution in [0.15, 0.2) is 0 Å². The molecule has 2 saturated heterocycles. The van der Waals surface area contributed by atoms with Crippen LogP contribution in [0.4, 0.5) is 0 Å². The van der Waals surface area contributed by atoms with Gasteiger partial charge in [0.15, 0.2) is 0 Å². The first-order valence-corrected chi connectivity index (χ1v) is 8.61. The predicted molar refractivity (Wildman–Crippen MR) is 80.7 cm³/mol. The summed E-state index contributed by atoms with van der Waals surface area (Å²) in [4.78, 5) is 17.5. The molecule has 4 nitrogen and oxygen atoms in total. The molecule has 0 radical (unpaired) electrons. The van der Waals surface area contributed by atoms with E-state index in [1.165, 1.54) is 44.9 Å². The maximum atomic E-state index is 12.8. The highest BCUT2D eigenvalue weighted by Gasteiger charge is 2.37.